The van der Waals surface area contributed by atoms with Crippen molar-refractivity contribution in [1.29, 1.82) is 0 Å². The molecule has 0 saturated heterocycles. The molecule has 4 heteroatoms. The van der Waals surface area contributed by atoms with Crippen molar-refractivity contribution in [2.45, 2.75) is 82.7 Å². The Kier molecular flexibility index (Phi) is 7.77. The molecule has 0 spiro atoms. The molecule has 2 aliphatic carbocycles. The van der Waals surface area contributed by atoms with Crippen LogP contribution in [-0.2, 0) is 4.79 Å². The highest BCUT2D eigenvalue weighted by atomic mass is 35.5. The van der Waals surface area contributed by atoms with Gasteiger partial charge < -0.3 is 11.1 Å². The van der Waals surface area contributed by atoms with E-state index in [4.69, 9.17) is 5.73 Å². The van der Waals surface area contributed by atoms with Crippen LogP contribution in [0.5, 0.6) is 0 Å². The molecule has 2 fully saturated rings. The van der Waals surface area contributed by atoms with Crippen LogP contribution in [-0.4, -0.2) is 18.0 Å². The molecule has 2 aliphatic rings. The minimum atomic E-state index is 0. The topological polar surface area (TPSA) is 55.1 Å². The highest BCUT2D eigenvalue weighted by molar-refractivity contribution is 5.85. The fraction of sp³-hybridized carbons (Fsp3) is 0.933. The Morgan fingerprint density at radius 2 is 1.68 bits per heavy atom. The highest BCUT2D eigenvalue weighted by Gasteiger charge is 2.20. The van der Waals surface area contributed by atoms with Crippen LogP contribution in [0.2, 0.25) is 0 Å². The summed E-state index contributed by atoms with van der Waals surface area (Å²) >= 11 is 0. The van der Waals surface area contributed by atoms with Gasteiger partial charge in [0.2, 0.25) is 5.91 Å². The lowest BCUT2D eigenvalue weighted by atomic mass is 9.91. The van der Waals surface area contributed by atoms with Gasteiger partial charge in [-0.3, -0.25) is 4.79 Å². The lowest BCUT2D eigenvalue weighted by Crippen LogP contribution is -2.40. The first kappa shape index (κ1) is 16.8. The molecule has 0 unspecified atom stereocenters. The number of nitrogens with two attached hydrogens (primary N) is 1. The molecule has 3 N–H and O–H groups in total. The maximum absolute atomic E-state index is 11.8. The number of nitrogens with one attached hydrogen (secondary N) is 1. The zero-order valence-corrected chi connectivity index (χ0v) is 12.7. The van der Waals surface area contributed by atoms with Gasteiger partial charge in [-0.25, -0.2) is 0 Å². The van der Waals surface area contributed by atoms with E-state index in [9.17, 15) is 4.79 Å². The Hall–Kier alpha value is -0.280. The van der Waals surface area contributed by atoms with Crippen molar-refractivity contribution in [2.24, 2.45) is 11.7 Å². The molecule has 2 rings (SSSR count). The molecule has 0 aliphatic heterocycles. The number of hydrogen-bond acceptors (Lipinski definition) is 2. The summed E-state index contributed by atoms with van der Waals surface area (Å²) in [4.78, 5) is 11.8. The van der Waals surface area contributed by atoms with E-state index in [1.807, 2.05) is 0 Å². The van der Waals surface area contributed by atoms with Crippen LogP contribution in [0.3, 0.4) is 0 Å². The Balaban J connectivity index is 0.00000180. The molecule has 0 heterocycles. The van der Waals surface area contributed by atoms with E-state index in [0.29, 0.717) is 12.1 Å². The van der Waals surface area contributed by atoms with Crippen molar-refractivity contribution in [3.8, 4) is 0 Å². The molecule has 0 aromatic carbocycles. The maximum atomic E-state index is 11.8. The molecule has 0 aromatic heterocycles. The average molecular weight is 289 g/mol. The predicted octanol–water partition coefficient (Wildman–Crippen LogP) is 3.15. The van der Waals surface area contributed by atoms with Gasteiger partial charge in [-0.15, -0.1) is 12.4 Å². The molecule has 3 nitrogen and oxygen atoms in total. The second-order valence-corrected chi connectivity index (χ2v) is 6.22. The molecular formula is C15H29ClN2O. The summed E-state index contributed by atoms with van der Waals surface area (Å²) in [6.45, 7) is 0. The first-order chi connectivity index (χ1) is 8.74. The van der Waals surface area contributed by atoms with Crippen molar-refractivity contribution in [2.75, 3.05) is 0 Å². The Morgan fingerprint density at radius 3 is 2.32 bits per heavy atom. The number of hydrogen-bond donors (Lipinski definition) is 2. The van der Waals surface area contributed by atoms with Crippen molar-refractivity contribution in [3.05, 3.63) is 0 Å². The molecule has 112 valence electrons. The van der Waals surface area contributed by atoms with E-state index in [0.717, 1.165) is 44.4 Å². The molecule has 0 radical (unpaired) electrons. The van der Waals surface area contributed by atoms with Gasteiger partial charge >= 0.3 is 0 Å². The van der Waals surface area contributed by atoms with E-state index in [-0.39, 0.29) is 18.3 Å². The Bertz CT molecular complexity index is 259. The minimum absolute atomic E-state index is 0. The van der Waals surface area contributed by atoms with Crippen LogP contribution in [0.15, 0.2) is 0 Å². The standard InChI is InChI=1S/C15H28N2O.ClH/c16-13-8-10-14(11-9-13)17-15(18)7-3-6-12-4-1-2-5-12;/h12-14H,1-11,16H2,(H,17,18);1H. The third-order valence-electron chi connectivity index (χ3n) is 4.63. The van der Waals surface area contributed by atoms with Crippen LogP contribution in [0.1, 0.15) is 70.6 Å². The number of rotatable bonds is 5. The summed E-state index contributed by atoms with van der Waals surface area (Å²) < 4.78 is 0. The smallest absolute Gasteiger partial charge is 0.220 e. The van der Waals surface area contributed by atoms with Gasteiger partial charge in [0.25, 0.3) is 0 Å². The number of halogens is 1. The first-order valence-electron chi connectivity index (χ1n) is 7.79. The number of amides is 1. The number of carbonyl (C=O) groups is 1. The van der Waals surface area contributed by atoms with Crippen LogP contribution in [0, 0.1) is 5.92 Å². The first-order valence-corrected chi connectivity index (χ1v) is 7.79. The highest BCUT2D eigenvalue weighted by Crippen LogP contribution is 2.28. The van der Waals surface area contributed by atoms with Crippen molar-refractivity contribution in [1.82, 2.24) is 5.32 Å². The van der Waals surface area contributed by atoms with E-state index >= 15 is 0 Å². The predicted molar refractivity (Wildman–Crippen MR) is 81.4 cm³/mol. The van der Waals surface area contributed by atoms with E-state index in [1.165, 1.54) is 32.1 Å². The molecule has 2 saturated carbocycles. The van der Waals surface area contributed by atoms with Gasteiger partial charge in [0.15, 0.2) is 0 Å². The minimum Gasteiger partial charge on any atom is -0.353 e. The summed E-state index contributed by atoms with van der Waals surface area (Å²) in [5.74, 6) is 1.17. The third-order valence-corrected chi connectivity index (χ3v) is 4.63. The third kappa shape index (κ3) is 6.13. The summed E-state index contributed by atoms with van der Waals surface area (Å²) in [5, 5.41) is 3.17. The number of carbonyl (C=O) groups excluding carboxylic acids is 1. The maximum Gasteiger partial charge on any atom is 0.220 e. The monoisotopic (exact) mass is 288 g/mol. The average Bonchev–Trinajstić information content (AvgIpc) is 2.85. The lowest BCUT2D eigenvalue weighted by molar-refractivity contribution is -0.122. The van der Waals surface area contributed by atoms with Gasteiger partial charge in [-0.05, 0) is 44.4 Å². The SMILES string of the molecule is Cl.NC1CCC(NC(=O)CCCC2CCCC2)CC1. The van der Waals surface area contributed by atoms with Gasteiger partial charge in [-0.2, -0.15) is 0 Å². The largest absolute Gasteiger partial charge is 0.353 e. The van der Waals surface area contributed by atoms with Crippen LogP contribution >= 0.6 is 12.4 Å². The van der Waals surface area contributed by atoms with Gasteiger partial charge in [-0.1, -0.05) is 25.7 Å². The summed E-state index contributed by atoms with van der Waals surface area (Å²) in [6.07, 6.45) is 12.9. The van der Waals surface area contributed by atoms with E-state index in [2.05, 4.69) is 5.32 Å². The summed E-state index contributed by atoms with van der Waals surface area (Å²) in [5.41, 5.74) is 5.87. The van der Waals surface area contributed by atoms with Crippen molar-refractivity contribution < 1.29 is 4.79 Å². The fourth-order valence-corrected chi connectivity index (χ4v) is 3.41. The molecule has 19 heavy (non-hydrogen) atoms. The van der Waals surface area contributed by atoms with Crippen LogP contribution < -0.4 is 11.1 Å². The quantitative estimate of drug-likeness (QED) is 0.816. The van der Waals surface area contributed by atoms with Gasteiger partial charge in [0.1, 0.15) is 0 Å². The van der Waals surface area contributed by atoms with E-state index < -0.39 is 0 Å². The summed E-state index contributed by atoms with van der Waals surface area (Å²) in [6, 6.07) is 0.754. The normalized spacial score (nSPS) is 27.8. The zero-order chi connectivity index (χ0) is 12.8. The second kappa shape index (κ2) is 8.80. The van der Waals surface area contributed by atoms with E-state index in [1.54, 1.807) is 0 Å². The van der Waals surface area contributed by atoms with Gasteiger partial charge in [0.05, 0.1) is 0 Å². The zero-order valence-electron chi connectivity index (χ0n) is 11.9. The molecular weight excluding hydrogens is 260 g/mol. The van der Waals surface area contributed by atoms with Crippen molar-refractivity contribution in [3.63, 3.8) is 0 Å². The molecule has 1 amide bonds. The molecule has 0 aromatic rings. The van der Waals surface area contributed by atoms with Gasteiger partial charge in [0, 0.05) is 18.5 Å². The second-order valence-electron chi connectivity index (χ2n) is 6.22. The fourth-order valence-electron chi connectivity index (χ4n) is 3.41. The lowest BCUT2D eigenvalue weighted by Gasteiger charge is -2.26. The molecule has 0 atom stereocenters. The Labute approximate surface area is 123 Å². The molecule has 0 bridgehead atoms. The van der Waals surface area contributed by atoms with Crippen molar-refractivity contribution >= 4 is 18.3 Å². The van der Waals surface area contributed by atoms with Crippen LogP contribution in [0.25, 0.3) is 0 Å². The van der Waals surface area contributed by atoms with Crippen LogP contribution in [0.4, 0.5) is 0 Å². The summed E-state index contributed by atoms with van der Waals surface area (Å²) in [7, 11) is 0. The Morgan fingerprint density at radius 1 is 1.05 bits per heavy atom.